The van der Waals surface area contributed by atoms with E-state index < -0.39 is 33.8 Å². The molecule has 0 aromatic heterocycles. The van der Waals surface area contributed by atoms with Crippen LogP contribution in [0.25, 0.3) is 0 Å². The van der Waals surface area contributed by atoms with E-state index in [1.165, 1.54) is 48.5 Å². The van der Waals surface area contributed by atoms with E-state index in [4.69, 9.17) is 4.74 Å². The average Bonchev–Trinajstić information content (AvgIpc) is 3.12. The maximum absolute atomic E-state index is 13.4. The highest BCUT2D eigenvalue weighted by Crippen LogP contribution is 2.25. The first-order valence-corrected chi connectivity index (χ1v) is 11.4. The number of hydrogen-bond donors (Lipinski definition) is 2. The molecule has 1 saturated heterocycles. The van der Waals surface area contributed by atoms with Gasteiger partial charge in [0.1, 0.15) is 23.4 Å². The number of rotatable bonds is 8. The van der Waals surface area contributed by atoms with E-state index in [1.807, 2.05) is 6.07 Å². The lowest BCUT2D eigenvalue weighted by atomic mass is 10.2. The molecular weight excluding hydrogens is 449 g/mol. The first-order valence-electron chi connectivity index (χ1n) is 10.0. The van der Waals surface area contributed by atoms with Crippen LogP contribution in [0.3, 0.4) is 0 Å². The number of urea groups is 1. The maximum atomic E-state index is 13.4. The number of nitrogens with one attached hydrogen (secondary N) is 2. The molecule has 3 aromatic rings. The van der Waals surface area contributed by atoms with Crippen LogP contribution in [0.2, 0.25) is 0 Å². The van der Waals surface area contributed by atoms with E-state index in [0.29, 0.717) is 11.5 Å². The summed E-state index contributed by atoms with van der Waals surface area (Å²) in [5.74, 6) is -0.205. The van der Waals surface area contributed by atoms with Gasteiger partial charge in [-0.2, -0.15) is 4.31 Å². The smallest absolute Gasteiger partial charge is 0.322 e. The molecule has 0 spiro atoms. The number of halogens is 1. The Balaban J connectivity index is 1.57. The summed E-state index contributed by atoms with van der Waals surface area (Å²) in [5.41, 5.74) is 0.724. The Labute approximate surface area is 190 Å². The van der Waals surface area contributed by atoms with Crippen LogP contribution in [0, 0.1) is 5.82 Å². The molecule has 170 valence electrons. The second-order valence-electron chi connectivity index (χ2n) is 7.33. The van der Waals surface area contributed by atoms with Gasteiger partial charge in [-0.3, -0.25) is 10.1 Å². The number of nitrogens with zero attached hydrogens (tertiary/aromatic N) is 1. The number of amides is 3. The van der Waals surface area contributed by atoms with Gasteiger partial charge in [-0.1, -0.05) is 30.3 Å². The van der Waals surface area contributed by atoms with Crippen LogP contribution in [0.15, 0.2) is 83.8 Å². The van der Waals surface area contributed by atoms with Crippen molar-refractivity contribution in [3.8, 4) is 11.5 Å². The summed E-state index contributed by atoms with van der Waals surface area (Å²) in [6, 6.07) is 18.4. The van der Waals surface area contributed by atoms with Crippen molar-refractivity contribution in [2.45, 2.75) is 17.5 Å². The fourth-order valence-electron chi connectivity index (χ4n) is 3.29. The minimum absolute atomic E-state index is 0.00498. The van der Waals surface area contributed by atoms with Crippen molar-refractivity contribution >= 4 is 22.0 Å². The van der Waals surface area contributed by atoms with Gasteiger partial charge in [0.2, 0.25) is 10.0 Å². The molecule has 3 amide bonds. The Morgan fingerprint density at radius 2 is 1.48 bits per heavy atom. The third-order valence-electron chi connectivity index (χ3n) is 4.96. The van der Waals surface area contributed by atoms with Crippen LogP contribution in [0.1, 0.15) is 5.56 Å². The zero-order chi connectivity index (χ0) is 23.4. The molecule has 0 aliphatic carbocycles. The number of benzene rings is 3. The Bertz CT molecular complexity index is 1250. The third kappa shape index (κ3) is 5.36. The molecule has 1 aliphatic rings. The van der Waals surface area contributed by atoms with E-state index in [-0.39, 0.29) is 18.0 Å². The Kier molecular flexibility index (Phi) is 6.38. The van der Waals surface area contributed by atoms with Gasteiger partial charge in [0.15, 0.2) is 0 Å². The highest BCUT2D eigenvalue weighted by Gasteiger charge is 2.35. The molecule has 4 rings (SSSR count). The lowest BCUT2D eigenvalue weighted by Crippen LogP contribution is -2.44. The Morgan fingerprint density at radius 3 is 2.06 bits per heavy atom. The van der Waals surface area contributed by atoms with E-state index in [1.54, 1.807) is 24.3 Å². The van der Waals surface area contributed by atoms with E-state index >= 15 is 0 Å². The monoisotopic (exact) mass is 469 g/mol. The molecule has 3 aromatic carbocycles. The highest BCUT2D eigenvalue weighted by atomic mass is 32.2. The van der Waals surface area contributed by atoms with Crippen molar-refractivity contribution in [3.63, 3.8) is 0 Å². The van der Waals surface area contributed by atoms with Crippen molar-refractivity contribution in [2.24, 2.45) is 0 Å². The molecule has 0 radical (unpaired) electrons. The quantitative estimate of drug-likeness (QED) is 0.494. The van der Waals surface area contributed by atoms with Gasteiger partial charge >= 0.3 is 6.03 Å². The van der Waals surface area contributed by atoms with E-state index in [0.717, 1.165) is 9.87 Å². The van der Waals surface area contributed by atoms with Crippen molar-refractivity contribution in [1.29, 1.82) is 0 Å². The largest absolute Gasteiger partial charge is 0.457 e. The van der Waals surface area contributed by atoms with Gasteiger partial charge in [0.05, 0.1) is 4.90 Å². The number of ether oxygens (including phenoxy) is 1. The molecule has 1 atom stereocenters. The second-order valence-corrected chi connectivity index (χ2v) is 9.26. The minimum Gasteiger partial charge on any atom is -0.457 e. The molecule has 1 heterocycles. The summed E-state index contributed by atoms with van der Waals surface area (Å²) >= 11 is 0. The Morgan fingerprint density at radius 1 is 0.879 bits per heavy atom. The Hall–Kier alpha value is -3.76. The second kappa shape index (κ2) is 9.39. The standard InChI is InChI=1S/C23H20FN3O5S/c24-17-6-8-18(9-7-17)32-19-10-12-20(13-11-19)33(30,31)27(14-16-4-2-1-3-5-16)15-21-22(28)26-23(29)25-21/h1-13,21H,14-15H2,(H2,25,26,28,29)/t21-/m0/s1. The molecule has 0 unspecified atom stereocenters. The zero-order valence-corrected chi connectivity index (χ0v) is 18.1. The highest BCUT2D eigenvalue weighted by molar-refractivity contribution is 7.89. The lowest BCUT2D eigenvalue weighted by molar-refractivity contribution is -0.120. The van der Waals surface area contributed by atoms with Crippen LogP contribution in [0.5, 0.6) is 11.5 Å². The molecule has 1 fully saturated rings. The average molecular weight is 469 g/mol. The number of hydrogen-bond acceptors (Lipinski definition) is 5. The normalized spacial score (nSPS) is 15.9. The van der Waals surface area contributed by atoms with Crippen LogP contribution in [0.4, 0.5) is 9.18 Å². The molecule has 2 N–H and O–H groups in total. The van der Waals surface area contributed by atoms with Gasteiger partial charge in [-0.25, -0.2) is 17.6 Å². The van der Waals surface area contributed by atoms with Crippen molar-refractivity contribution in [2.75, 3.05) is 6.54 Å². The number of carbonyl (C=O) groups is 2. The lowest BCUT2D eigenvalue weighted by Gasteiger charge is -2.24. The van der Waals surface area contributed by atoms with Crippen LogP contribution in [-0.4, -0.2) is 37.2 Å². The molecule has 0 saturated carbocycles. The van der Waals surface area contributed by atoms with Crippen molar-refractivity contribution in [3.05, 3.63) is 90.2 Å². The van der Waals surface area contributed by atoms with Gasteiger partial charge in [0, 0.05) is 13.1 Å². The first kappa shape index (κ1) is 22.4. The summed E-state index contributed by atoms with van der Waals surface area (Å²) in [7, 11) is -4.03. The SMILES string of the molecule is O=C1NC(=O)[C@H](CN(Cc2ccccc2)S(=O)(=O)c2ccc(Oc3ccc(F)cc3)cc2)N1. The van der Waals surface area contributed by atoms with Gasteiger partial charge in [-0.05, 0) is 54.1 Å². The molecule has 10 heteroatoms. The summed E-state index contributed by atoms with van der Waals surface area (Å²) < 4.78 is 46.7. The third-order valence-corrected chi connectivity index (χ3v) is 6.78. The van der Waals surface area contributed by atoms with Crippen LogP contribution < -0.4 is 15.4 Å². The molecule has 8 nitrogen and oxygen atoms in total. The summed E-state index contributed by atoms with van der Waals surface area (Å²) in [6.07, 6.45) is 0. The summed E-state index contributed by atoms with van der Waals surface area (Å²) in [6.45, 7) is -0.223. The first-order chi connectivity index (χ1) is 15.8. The van der Waals surface area contributed by atoms with Crippen LogP contribution in [-0.2, 0) is 21.4 Å². The zero-order valence-electron chi connectivity index (χ0n) is 17.3. The number of carbonyl (C=O) groups excluding carboxylic acids is 2. The molecule has 1 aliphatic heterocycles. The summed E-state index contributed by atoms with van der Waals surface area (Å²) in [4.78, 5) is 23.5. The fraction of sp³-hybridized carbons (Fsp3) is 0.130. The van der Waals surface area contributed by atoms with Gasteiger partial charge < -0.3 is 10.1 Å². The predicted molar refractivity (Wildman–Crippen MR) is 117 cm³/mol. The van der Waals surface area contributed by atoms with Crippen molar-refractivity contribution < 1.29 is 27.1 Å². The number of sulfonamides is 1. The predicted octanol–water partition coefficient (Wildman–Crippen LogP) is 3.02. The number of imide groups is 1. The molecule has 0 bridgehead atoms. The van der Waals surface area contributed by atoms with E-state index in [2.05, 4.69) is 10.6 Å². The van der Waals surface area contributed by atoms with Crippen molar-refractivity contribution in [1.82, 2.24) is 14.9 Å². The fourth-order valence-corrected chi connectivity index (χ4v) is 4.74. The topological polar surface area (TPSA) is 105 Å². The molecule has 33 heavy (non-hydrogen) atoms. The van der Waals surface area contributed by atoms with Gasteiger partial charge in [-0.15, -0.1) is 0 Å². The molecular formula is C23H20FN3O5S. The van der Waals surface area contributed by atoms with Gasteiger partial charge in [0.25, 0.3) is 5.91 Å². The van der Waals surface area contributed by atoms with Crippen LogP contribution >= 0.6 is 0 Å². The van der Waals surface area contributed by atoms with E-state index in [9.17, 15) is 22.4 Å². The minimum atomic E-state index is -4.03. The summed E-state index contributed by atoms with van der Waals surface area (Å²) in [5, 5.41) is 4.54. The maximum Gasteiger partial charge on any atom is 0.322 e.